The molecule has 1 aliphatic rings. The van der Waals surface area contributed by atoms with Crippen molar-refractivity contribution in [2.75, 3.05) is 25.0 Å². The lowest BCUT2D eigenvalue weighted by molar-refractivity contribution is -0.123. The number of primary amides is 1. The van der Waals surface area contributed by atoms with Crippen molar-refractivity contribution in [3.05, 3.63) is 27.8 Å². The quantitative estimate of drug-likeness (QED) is 0.768. The molecule has 0 unspecified atom stereocenters. The molecule has 0 saturated carbocycles. The highest BCUT2D eigenvalue weighted by Gasteiger charge is 2.24. The summed E-state index contributed by atoms with van der Waals surface area (Å²) < 4.78 is 1.09. The molecule has 108 valence electrons. The number of nitrogens with zero attached hydrogens (tertiary/aromatic N) is 1. The molecule has 1 fully saturated rings. The van der Waals surface area contributed by atoms with Crippen LogP contribution in [0.2, 0.25) is 0 Å². The molecule has 0 aliphatic carbocycles. The van der Waals surface area contributed by atoms with Crippen molar-refractivity contribution in [1.29, 1.82) is 0 Å². The minimum absolute atomic E-state index is 0.0236. The van der Waals surface area contributed by atoms with Gasteiger partial charge in [-0.15, -0.1) is 0 Å². The van der Waals surface area contributed by atoms with E-state index < -0.39 is 0 Å². The van der Waals surface area contributed by atoms with Gasteiger partial charge in [0.25, 0.3) is 0 Å². The average molecular weight is 387 g/mol. The molecule has 0 aromatic heterocycles. The molecule has 0 bridgehead atoms. The normalized spacial score (nSPS) is 16.9. The fourth-order valence-corrected chi connectivity index (χ4v) is 2.89. The maximum Gasteiger partial charge on any atom is 0.238 e. The zero-order chi connectivity index (χ0) is 14.5. The molecule has 20 heavy (non-hydrogen) atoms. The first-order valence-electron chi connectivity index (χ1n) is 6.61. The predicted molar refractivity (Wildman–Crippen MR) is 86.1 cm³/mol. The molecule has 3 N–H and O–H groups in total. The number of anilines is 1. The number of rotatable bonds is 4. The molecule has 5 nitrogen and oxygen atoms in total. The van der Waals surface area contributed by atoms with Crippen LogP contribution in [-0.4, -0.2) is 36.3 Å². The maximum atomic E-state index is 12.0. The summed E-state index contributed by atoms with van der Waals surface area (Å²) in [6, 6.07) is 7.69. The second-order valence-electron chi connectivity index (χ2n) is 5.01. The van der Waals surface area contributed by atoms with Crippen LogP contribution in [0.3, 0.4) is 0 Å². The molecule has 0 radical (unpaired) electrons. The summed E-state index contributed by atoms with van der Waals surface area (Å²) in [4.78, 5) is 25.1. The molecule has 6 heteroatoms. The van der Waals surface area contributed by atoms with E-state index in [-0.39, 0.29) is 17.7 Å². The molecule has 1 heterocycles. The summed E-state index contributed by atoms with van der Waals surface area (Å²) in [6.45, 7) is 1.84. The van der Waals surface area contributed by atoms with E-state index in [1.165, 1.54) is 0 Å². The maximum absolute atomic E-state index is 12.0. The van der Waals surface area contributed by atoms with E-state index in [4.69, 9.17) is 5.73 Å². The number of nitrogens with two attached hydrogens (primary N) is 1. The van der Waals surface area contributed by atoms with Crippen LogP contribution in [0, 0.1) is 9.49 Å². The van der Waals surface area contributed by atoms with Crippen molar-refractivity contribution in [2.45, 2.75) is 12.8 Å². The summed E-state index contributed by atoms with van der Waals surface area (Å²) in [5, 5.41) is 2.89. The number of likely N-dealkylation sites (tertiary alicyclic amines) is 1. The van der Waals surface area contributed by atoms with Crippen LogP contribution in [0.5, 0.6) is 0 Å². The van der Waals surface area contributed by atoms with Crippen LogP contribution in [0.25, 0.3) is 0 Å². The van der Waals surface area contributed by atoms with Gasteiger partial charge in [0.1, 0.15) is 0 Å². The highest BCUT2D eigenvalue weighted by Crippen LogP contribution is 2.17. The van der Waals surface area contributed by atoms with E-state index in [1.54, 1.807) is 0 Å². The van der Waals surface area contributed by atoms with Gasteiger partial charge in [0.2, 0.25) is 11.8 Å². The lowest BCUT2D eigenvalue weighted by Gasteiger charge is -2.29. The third-order valence-electron chi connectivity index (χ3n) is 3.47. The minimum Gasteiger partial charge on any atom is -0.369 e. The van der Waals surface area contributed by atoms with E-state index in [0.29, 0.717) is 6.54 Å². The van der Waals surface area contributed by atoms with Crippen molar-refractivity contribution in [3.63, 3.8) is 0 Å². The third-order valence-corrected chi connectivity index (χ3v) is 4.14. The van der Waals surface area contributed by atoms with Crippen LogP contribution in [0.4, 0.5) is 5.69 Å². The highest BCUT2D eigenvalue weighted by molar-refractivity contribution is 14.1. The number of hydrogen-bond acceptors (Lipinski definition) is 3. The van der Waals surface area contributed by atoms with E-state index in [9.17, 15) is 9.59 Å². The van der Waals surface area contributed by atoms with Gasteiger partial charge in [-0.1, -0.05) is 6.07 Å². The fourth-order valence-electron chi connectivity index (χ4n) is 2.35. The number of amides is 2. The smallest absolute Gasteiger partial charge is 0.238 e. The molecule has 2 amide bonds. The van der Waals surface area contributed by atoms with Gasteiger partial charge in [-0.05, 0) is 66.7 Å². The van der Waals surface area contributed by atoms with Crippen LogP contribution in [0.1, 0.15) is 12.8 Å². The lowest BCUT2D eigenvalue weighted by atomic mass is 9.96. The van der Waals surface area contributed by atoms with E-state index in [0.717, 1.165) is 35.2 Å². The SMILES string of the molecule is NC(=O)C1CCN(CC(=O)Nc2cccc(I)c2)CC1. The fraction of sp³-hybridized carbons (Fsp3) is 0.429. The standard InChI is InChI=1S/C14H18IN3O2/c15-11-2-1-3-12(8-11)17-13(19)9-18-6-4-10(5-7-18)14(16)20/h1-3,8,10H,4-7,9H2,(H2,16,20)(H,17,19). The number of hydrogen-bond donors (Lipinski definition) is 2. The Bertz CT molecular complexity index is 499. The molecule has 0 atom stereocenters. The van der Waals surface area contributed by atoms with Gasteiger partial charge in [-0.3, -0.25) is 14.5 Å². The van der Waals surface area contributed by atoms with Crippen molar-refractivity contribution < 1.29 is 9.59 Å². The van der Waals surface area contributed by atoms with Crippen molar-refractivity contribution in [3.8, 4) is 0 Å². The summed E-state index contributed by atoms with van der Waals surface area (Å²) in [5.74, 6) is -0.289. The number of carbonyl (C=O) groups is 2. The lowest BCUT2D eigenvalue weighted by Crippen LogP contribution is -2.42. The molecular formula is C14H18IN3O2. The van der Waals surface area contributed by atoms with Gasteiger partial charge < -0.3 is 11.1 Å². The van der Waals surface area contributed by atoms with E-state index >= 15 is 0 Å². The van der Waals surface area contributed by atoms with Gasteiger partial charge in [0.15, 0.2) is 0 Å². The number of benzene rings is 1. The number of halogens is 1. The van der Waals surface area contributed by atoms with Crippen LogP contribution < -0.4 is 11.1 Å². The summed E-state index contributed by atoms with van der Waals surface area (Å²) in [7, 11) is 0. The Morgan fingerprint density at radius 2 is 2.05 bits per heavy atom. The van der Waals surface area contributed by atoms with Gasteiger partial charge >= 0.3 is 0 Å². The van der Waals surface area contributed by atoms with E-state index in [1.807, 2.05) is 24.3 Å². The Hall–Kier alpha value is -1.15. The Balaban J connectivity index is 1.80. The monoisotopic (exact) mass is 387 g/mol. The molecule has 0 spiro atoms. The first-order chi connectivity index (χ1) is 9.54. The molecular weight excluding hydrogens is 369 g/mol. The van der Waals surface area contributed by atoms with Gasteiger partial charge in [0.05, 0.1) is 6.54 Å². The van der Waals surface area contributed by atoms with Crippen LogP contribution >= 0.6 is 22.6 Å². The van der Waals surface area contributed by atoms with E-state index in [2.05, 4.69) is 32.8 Å². The number of carbonyl (C=O) groups excluding carboxylic acids is 2. The molecule has 1 aromatic carbocycles. The molecule has 1 aliphatic heterocycles. The van der Waals surface area contributed by atoms with Crippen molar-refractivity contribution in [2.24, 2.45) is 11.7 Å². The Morgan fingerprint density at radius 1 is 1.35 bits per heavy atom. The second-order valence-corrected chi connectivity index (χ2v) is 6.26. The Morgan fingerprint density at radius 3 is 2.65 bits per heavy atom. The van der Waals surface area contributed by atoms with Gasteiger partial charge in [-0.2, -0.15) is 0 Å². The third kappa shape index (κ3) is 4.45. The predicted octanol–water partition coefficient (Wildman–Crippen LogP) is 1.43. The summed E-state index contributed by atoms with van der Waals surface area (Å²) in [5.41, 5.74) is 6.11. The molecule has 1 saturated heterocycles. The molecule has 1 aromatic rings. The number of nitrogens with one attached hydrogen (secondary N) is 1. The second kappa shape index (κ2) is 7.03. The van der Waals surface area contributed by atoms with Crippen molar-refractivity contribution in [1.82, 2.24) is 4.90 Å². The Kier molecular flexibility index (Phi) is 5.36. The number of piperidine rings is 1. The first-order valence-corrected chi connectivity index (χ1v) is 7.69. The van der Waals surface area contributed by atoms with Crippen molar-refractivity contribution >= 4 is 40.1 Å². The highest BCUT2D eigenvalue weighted by atomic mass is 127. The summed E-state index contributed by atoms with van der Waals surface area (Å²) >= 11 is 2.21. The largest absolute Gasteiger partial charge is 0.369 e. The molecule has 2 rings (SSSR count). The zero-order valence-corrected chi connectivity index (χ0v) is 13.3. The first kappa shape index (κ1) is 15.2. The summed E-state index contributed by atoms with van der Waals surface area (Å²) in [6.07, 6.45) is 1.48. The van der Waals surface area contributed by atoms with Gasteiger partial charge in [-0.25, -0.2) is 0 Å². The topological polar surface area (TPSA) is 75.4 Å². The van der Waals surface area contributed by atoms with Crippen LogP contribution in [-0.2, 0) is 9.59 Å². The van der Waals surface area contributed by atoms with Gasteiger partial charge in [0, 0.05) is 15.2 Å². The zero-order valence-electron chi connectivity index (χ0n) is 11.1. The van der Waals surface area contributed by atoms with Crippen LogP contribution in [0.15, 0.2) is 24.3 Å². The Labute approximate surface area is 132 Å². The average Bonchev–Trinajstić information content (AvgIpc) is 2.39. The minimum atomic E-state index is -0.229.